The number of hydrogen-bond acceptors (Lipinski definition) is 4. The van der Waals surface area contributed by atoms with Gasteiger partial charge in [0.05, 0.1) is 15.7 Å². The number of hydrogen-bond donors (Lipinski definition) is 1. The number of fused-ring (bicyclic) bond motifs is 1. The minimum atomic E-state index is -0.309. The van der Waals surface area contributed by atoms with E-state index in [1.807, 2.05) is 30.3 Å². The van der Waals surface area contributed by atoms with E-state index >= 15 is 0 Å². The van der Waals surface area contributed by atoms with Crippen molar-refractivity contribution in [1.82, 2.24) is 19.6 Å². The molecule has 0 saturated carbocycles. The van der Waals surface area contributed by atoms with Gasteiger partial charge < -0.3 is 4.74 Å². The highest BCUT2D eigenvalue weighted by Crippen LogP contribution is 2.38. The third kappa shape index (κ3) is 3.51. The van der Waals surface area contributed by atoms with Crippen LogP contribution in [0.25, 0.3) is 17.2 Å². The molecule has 0 bridgehead atoms. The second-order valence-electron chi connectivity index (χ2n) is 5.62. The van der Waals surface area contributed by atoms with Crippen LogP contribution in [0.5, 0.6) is 5.75 Å². The molecule has 4 aromatic rings. The van der Waals surface area contributed by atoms with E-state index in [-0.39, 0.29) is 28.7 Å². The highest BCUT2D eigenvalue weighted by molar-refractivity contribution is 6.44. The first-order chi connectivity index (χ1) is 13.0. The number of aromatic amines is 1. The molecule has 0 aliphatic rings. The average Bonchev–Trinajstić information content (AvgIpc) is 3.10. The minimum Gasteiger partial charge on any atom is -0.484 e. The Balaban J connectivity index is 1.66. The van der Waals surface area contributed by atoms with Crippen molar-refractivity contribution in [2.45, 2.75) is 6.61 Å². The first kappa shape index (κ1) is 17.9. The number of rotatable bonds is 4. The molecule has 0 radical (unpaired) electrons. The van der Waals surface area contributed by atoms with E-state index in [0.717, 1.165) is 5.56 Å². The summed E-state index contributed by atoms with van der Waals surface area (Å²) in [4.78, 5) is 21.1. The largest absolute Gasteiger partial charge is 0.484 e. The summed E-state index contributed by atoms with van der Waals surface area (Å²) in [7, 11) is 0. The lowest BCUT2D eigenvalue weighted by atomic mass is 10.2. The first-order valence-corrected chi connectivity index (χ1v) is 8.97. The summed E-state index contributed by atoms with van der Waals surface area (Å²) < 4.78 is 6.90. The molecule has 9 heteroatoms. The highest BCUT2D eigenvalue weighted by Gasteiger charge is 2.13. The molecule has 0 unspecified atom stereocenters. The fourth-order valence-corrected chi connectivity index (χ4v) is 3.14. The van der Waals surface area contributed by atoms with Crippen LogP contribution in [0.4, 0.5) is 0 Å². The van der Waals surface area contributed by atoms with Gasteiger partial charge in [-0.25, -0.2) is 4.98 Å². The van der Waals surface area contributed by atoms with Gasteiger partial charge in [0, 0.05) is 11.6 Å². The fourth-order valence-electron chi connectivity index (χ4n) is 2.51. The number of benzene rings is 2. The van der Waals surface area contributed by atoms with Gasteiger partial charge in [-0.1, -0.05) is 65.1 Å². The SMILES string of the molecule is O=c1cc(COc2c(Cl)ccc(Cl)c2Cl)nc2nc(-c3ccccc3)[nH]n12. The Morgan fingerprint density at radius 2 is 1.74 bits per heavy atom. The van der Waals surface area contributed by atoms with Crippen LogP contribution in [0.1, 0.15) is 5.69 Å². The van der Waals surface area contributed by atoms with E-state index in [1.165, 1.54) is 10.6 Å². The molecule has 27 heavy (non-hydrogen) atoms. The van der Waals surface area contributed by atoms with Crippen LogP contribution in [0.15, 0.2) is 53.3 Å². The molecule has 2 aromatic heterocycles. The molecule has 1 N–H and O–H groups in total. The topological polar surface area (TPSA) is 72.3 Å². The fraction of sp³-hybridized carbons (Fsp3) is 0.0556. The lowest BCUT2D eigenvalue weighted by molar-refractivity contribution is 0.301. The third-order valence-corrected chi connectivity index (χ3v) is 4.88. The van der Waals surface area contributed by atoms with Crippen molar-refractivity contribution < 1.29 is 4.74 Å². The summed E-state index contributed by atoms with van der Waals surface area (Å²) in [5, 5.41) is 3.77. The van der Waals surface area contributed by atoms with Gasteiger partial charge in [0.1, 0.15) is 11.6 Å². The summed E-state index contributed by atoms with van der Waals surface area (Å²) in [5.41, 5.74) is 0.924. The maximum atomic E-state index is 12.4. The molecule has 0 aliphatic carbocycles. The van der Waals surface area contributed by atoms with Crippen LogP contribution >= 0.6 is 34.8 Å². The number of H-pyrrole nitrogens is 1. The smallest absolute Gasteiger partial charge is 0.274 e. The molecule has 0 amide bonds. The van der Waals surface area contributed by atoms with Gasteiger partial charge in [-0.05, 0) is 12.1 Å². The van der Waals surface area contributed by atoms with Crippen molar-refractivity contribution in [1.29, 1.82) is 0 Å². The van der Waals surface area contributed by atoms with Crippen molar-refractivity contribution in [2.75, 3.05) is 0 Å². The molecule has 4 rings (SSSR count). The van der Waals surface area contributed by atoms with Crippen LogP contribution < -0.4 is 10.3 Å². The van der Waals surface area contributed by atoms with Gasteiger partial charge in [-0.15, -0.1) is 0 Å². The highest BCUT2D eigenvalue weighted by atomic mass is 35.5. The van der Waals surface area contributed by atoms with E-state index in [2.05, 4.69) is 15.1 Å². The molecule has 6 nitrogen and oxygen atoms in total. The maximum Gasteiger partial charge on any atom is 0.274 e. The van der Waals surface area contributed by atoms with Crippen molar-refractivity contribution in [3.63, 3.8) is 0 Å². The zero-order chi connectivity index (χ0) is 19.0. The molecular weight excluding hydrogens is 411 g/mol. The lowest BCUT2D eigenvalue weighted by Gasteiger charge is -2.10. The third-order valence-electron chi connectivity index (χ3n) is 3.80. The summed E-state index contributed by atoms with van der Waals surface area (Å²) >= 11 is 18.2. The maximum absolute atomic E-state index is 12.4. The van der Waals surface area contributed by atoms with Crippen molar-refractivity contribution in [2.24, 2.45) is 0 Å². The van der Waals surface area contributed by atoms with Crippen molar-refractivity contribution in [3.05, 3.63) is 79.6 Å². The second-order valence-corrected chi connectivity index (χ2v) is 6.81. The van der Waals surface area contributed by atoms with E-state index in [1.54, 1.807) is 12.1 Å². The number of halogens is 3. The molecule has 2 heterocycles. The number of aromatic nitrogens is 4. The van der Waals surface area contributed by atoms with Gasteiger partial charge in [-0.2, -0.15) is 9.50 Å². The zero-order valence-electron chi connectivity index (χ0n) is 13.6. The van der Waals surface area contributed by atoms with Crippen LogP contribution in [0.3, 0.4) is 0 Å². The van der Waals surface area contributed by atoms with E-state index in [4.69, 9.17) is 39.5 Å². The van der Waals surface area contributed by atoms with Crippen LogP contribution in [0.2, 0.25) is 15.1 Å². The number of nitrogens with zero attached hydrogens (tertiary/aromatic N) is 3. The first-order valence-electron chi connectivity index (χ1n) is 7.83. The normalized spacial score (nSPS) is 11.1. The summed E-state index contributed by atoms with van der Waals surface area (Å²) in [5.74, 6) is 1.02. The average molecular weight is 422 g/mol. The summed E-state index contributed by atoms with van der Waals surface area (Å²) in [6.07, 6.45) is 0. The molecule has 0 atom stereocenters. The Morgan fingerprint density at radius 3 is 2.52 bits per heavy atom. The molecule has 136 valence electrons. The Kier molecular flexibility index (Phi) is 4.78. The second kappa shape index (κ2) is 7.23. The lowest BCUT2D eigenvalue weighted by Crippen LogP contribution is -2.16. The molecule has 0 spiro atoms. The summed E-state index contributed by atoms with van der Waals surface area (Å²) in [6, 6.07) is 13.9. The predicted molar refractivity (Wildman–Crippen MR) is 105 cm³/mol. The molecule has 0 fully saturated rings. The van der Waals surface area contributed by atoms with Crippen LogP contribution in [-0.4, -0.2) is 19.6 Å². The molecule has 2 aromatic carbocycles. The zero-order valence-corrected chi connectivity index (χ0v) is 15.9. The molecule has 0 aliphatic heterocycles. The van der Waals surface area contributed by atoms with E-state index in [0.29, 0.717) is 21.6 Å². The van der Waals surface area contributed by atoms with Gasteiger partial charge in [0.15, 0.2) is 11.6 Å². The predicted octanol–water partition coefficient (Wildman–Crippen LogP) is 4.62. The molecular formula is C18H11Cl3N4O2. The van der Waals surface area contributed by atoms with Gasteiger partial charge in [0.25, 0.3) is 11.3 Å². The Hall–Kier alpha value is -2.54. The van der Waals surface area contributed by atoms with Gasteiger partial charge in [0.2, 0.25) is 0 Å². The monoisotopic (exact) mass is 420 g/mol. The Morgan fingerprint density at radius 1 is 1.00 bits per heavy atom. The van der Waals surface area contributed by atoms with E-state index < -0.39 is 0 Å². The quantitative estimate of drug-likeness (QED) is 0.488. The number of nitrogens with one attached hydrogen (secondary N) is 1. The van der Waals surface area contributed by atoms with Gasteiger partial charge >= 0.3 is 0 Å². The van der Waals surface area contributed by atoms with Crippen LogP contribution in [-0.2, 0) is 6.61 Å². The number of ether oxygens (including phenoxy) is 1. The Bertz CT molecular complexity index is 1190. The van der Waals surface area contributed by atoms with E-state index in [9.17, 15) is 4.79 Å². The molecule has 0 saturated heterocycles. The minimum absolute atomic E-state index is 0.0148. The van der Waals surface area contributed by atoms with Gasteiger partial charge in [-0.3, -0.25) is 9.89 Å². The van der Waals surface area contributed by atoms with Crippen molar-refractivity contribution >= 4 is 40.6 Å². The Labute approximate surface area is 168 Å². The standard InChI is InChI=1S/C18H11Cl3N4O2/c19-12-6-7-13(20)16(15(12)21)27-9-11-8-14(26)25-18(22-11)23-17(24-25)10-4-2-1-3-5-10/h1-8H,9H2,(H,22,23,24). The summed E-state index contributed by atoms with van der Waals surface area (Å²) in [6.45, 7) is -0.0148. The van der Waals surface area contributed by atoms with Crippen molar-refractivity contribution in [3.8, 4) is 17.1 Å². The van der Waals surface area contributed by atoms with Crippen LogP contribution in [0, 0.1) is 0 Å².